The fourth-order valence-electron chi connectivity index (χ4n) is 4.02. The maximum Gasteiger partial charge on any atom is 0.410 e. The van der Waals surface area contributed by atoms with Gasteiger partial charge in [-0.1, -0.05) is 48.0 Å². The van der Waals surface area contributed by atoms with E-state index in [0.29, 0.717) is 47.4 Å². The summed E-state index contributed by atoms with van der Waals surface area (Å²) in [7, 11) is 0. The predicted octanol–water partition coefficient (Wildman–Crippen LogP) is 6.28. The van der Waals surface area contributed by atoms with Gasteiger partial charge in [0, 0.05) is 36.5 Å². The van der Waals surface area contributed by atoms with Crippen LogP contribution in [-0.4, -0.2) is 65.5 Å². The van der Waals surface area contributed by atoms with Crippen LogP contribution in [0.2, 0.25) is 10.0 Å². The van der Waals surface area contributed by atoms with Gasteiger partial charge < -0.3 is 24.4 Å². The Morgan fingerprint density at radius 3 is 2.63 bits per heavy atom. The van der Waals surface area contributed by atoms with Crippen LogP contribution in [-0.2, 0) is 16.0 Å². The number of nitrogens with one attached hydrogen (secondary N) is 2. The molecule has 1 aliphatic rings. The van der Waals surface area contributed by atoms with Crippen molar-refractivity contribution in [3.8, 4) is 5.75 Å². The minimum absolute atomic E-state index is 0.0971. The van der Waals surface area contributed by atoms with Gasteiger partial charge in [0.05, 0.1) is 10.0 Å². The van der Waals surface area contributed by atoms with Crippen molar-refractivity contribution in [1.29, 1.82) is 0 Å². The zero-order valence-corrected chi connectivity index (χ0v) is 25.6. The number of carbonyl (C=O) groups excluding carboxylic acids is 3. The summed E-state index contributed by atoms with van der Waals surface area (Å²) in [5.74, 6) is 0.245. The highest BCUT2D eigenvalue weighted by atomic mass is 35.5. The number of likely N-dealkylation sites (tertiary alicyclic amines) is 1. The Labute approximate surface area is 254 Å². The molecule has 1 aliphatic heterocycles. The molecule has 0 aromatic heterocycles. The maximum atomic E-state index is 12.7. The van der Waals surface area contributed by atoms with Gasteiger partial charge in [-0.3, -0.25) is 10.1 Å². The molecular formula is C29H35Cl2N3O6S. The molecule has 1 fully saturated rings. The van der Waals surface area contributed by atoms with Crippen LogP contribution in [0, 0.1) is 0 Å². The third kappa shape index (κ3) is 10.8. The van der Waals surface area contributed by atoms with Crippen molar-refractivity contribution in [3.05, 3.63) is 76.3 Å². The lowest BCUT2D eigenvalue weighted by Gasteiger charge is -2.24. The third-order valence-electron chi connectivity index (χ3n) is 5.84. The van der Waals surface area contributed by atoms with Crippen molar-refractivity contribution < 1.29 is 28.6 Å². The van der Waals surface area contributed by atoms with Gasteiger partial charge in [0.15, 0.2) is 0 Å². The van der Waals surface area contributed by atoms with Crippen molar-refractivity contribution in [3.63, 3.8) is 0 Å². The third-order valence-corrected chi connectivity index (χ3v) is 7.53. The van der Waals surface area contributed by atoms with E-state index in [2.05, 4.69) is 17.2 Å². The number of halogens is 2. The number of rotatable bonds is 11. The van der Waals surface area contributed by atoms with Crippen molar-refractivity contribution in [2.45, 2.75) is 50.6 Å². The van der Waals surface area contributed by atoms with Crippen LogP contribution in [0.4, 0.5) is 9.59 Å². The second-order valence-electron chi connectivity index (χ2n) is 10.3. The van der Waals surface area contributed by atoms with Gasteiger partial charge in [-0.15, -0.1) is 0 Å². The first-order valence-corrected chi connectivity index (χ1v) is 14.7. The number of amides is 2. The molecular weight excluding hydrogens is 589 g/mol. The summed E-state index contributed by atoms with van der Waals surface area (Å²) < 4.78 is 16.5. The highest BCUT2D eigenvalue weighted by Gasteiger charge is 2.38. The molecule has 0 spiro atoms. The quantitative estimate of drug-likeness (QED) is 0.130. The van der Waals surface area contributed by atoms with Crippen LogP contribution in [0.3, 0.4) is 0 Å². The molecule has 9 nitrogen and oxygen atoms in total. The van der Waals surface area contributed by atoms with Gasteiger partial charge in [0.2, 0.25) is 0 Å². The highest BCUT2D eigenvalue weighted by molar-refractivity contribution is 8.13. The van der Waals surface area contributed by atoms with Crippen LogP contribution in [0.1, 0.15) is 43.1 Å². The lowest BCUT2D eigenvalue weighted by atomic mass is 10.2. The Bertz CT molecular complexity index is 1240. The molecule has 2 aromatic carbocycles. The monoisotopic (exact) mass is 623 g/mol. The Hall–Kier alpha value is -2.92. The molecule has 0 bridgehead atoms. The molecule has 3 rings (SSSR count). The van der Waals surface area contributed by atoms with E-state index in [4.69, 9.17) is 37.4 Å². The summed E-state index contributed by atoms with van der Waals surface area (Å²) in [4.78, 5) is 39.2. The normalized spacial score (nSPS) is 16.7. The molecule has 2 amide bonds. The van der Waals surface area contributed by atoms with Gasteiger partial charge in [0.1, 0.15) is 24.7 Å². The van der Waals surface area contributed by atoms with Crippen LogP contribution in [0.15, 0.2) is 55.1 Å². The summed E-state index contributed by atoms with van der Waals surface area (Å²) in [6, 6.07) is 11.8. The number of carbonyl (C=O) groups is 3. The lowest BCUT2D eigenvalue weighted by molar-refractivity contribution is 0.0736. The van der Waals surface area contributed by atoms with Crippen LogP contribution < -0.4 is 15.4 Å². The summed E-state index contributed by atoms with van der Waals surface area (Å²) in [6.45, 7) is 10.3. The van der Waals surface area contributed by atoms with Crippen molar-refractivity contribution in [2.24, 2.45) is 0 Å². The Kier molecular flexibility index (Phi) is 12.2. The zero-order chi connectivity index (χ0) is 30.0. The van der Waals surface area contributed by atoms with E-state index in [1.165, 1.54) is 6.08 Å². The summed E-state index contributed by atoms with van der Waals surface area (Å²) in [6.07, 6.45) is 1.61. The van der Waals surface area contributed by atoms with Gasteiger partial charge >= 0.3 is 11.4 Å². The maximum absolute atomic E-state index is 12.7. The van der Waals surface area contributed by atoms with E-state index in [0.717, 1.165) is 17.3 Å². The molecule has 2 atom stereocenters. The van der Waals surface area contributed by atoms with E-state index >= 15 is 0 Å². The van der Waals surface area contributed by atoms with E-state index < -0.39 is 11.7 Å². The zero-order valence-electron chi connectivity index (χ0n) is 23.3. The molecule has 0 radical (unpaired) electrons. The SMILES string of the molecule is C=CCOC(=O)N1C[C@@H](SC(=O)OC(C)(C)C)C[C@H]1CNCOc1cccc(C(=O)NCc2ccc(Cl)c(Cl)c2)c1. The molecule has 1 heterocycles. The summed E-state index contributed by atoms with van der Waals surface area (Å²) in [5.41, 5.74) is 0.675. The molecule has 0 unspecified atom stereocenters. The van der Waals surface area contributed by atoms with Gasteiger partial charge in [-0.2, -0.15) is 0 Å². The summed E-state index contributed by atoms with van der Waals surface area (Å²) in [5, 5.41) is 6.41. The van der Waals surface area contributed by atoms with Gasteiger partial charge in [-0.05, 0) is 74.8 Å². The number of benzene rings is 2. The van der Waals surface area contributed by atoms with Crippen molar-refractivity contribution in [2.75, 3.05) is 26.4 Å². The molecule has 12 heteroatoms. The minimum Gasteiger partial charge on any atom is -0.478 e. The lowest BCUT2D eigenvalue weighted by Crippen LogP contribution is -2.42. The Morgan fingerprint density at radius 2 is 1.93 bits per heavy atom. The number of ether oxygens (including phenoxy) is 3. The second kappa shape index (κ2) is 15.3. The highest BCUT2D eigenvalue weighted by Crippen LogP contribution is 2.30. The molecule has 1 saturated heterocycles. The Balaban J connectivity index is 1.50. The first-order chi connectivity index (χ1) is 19.4. The topological polar surface area (TPSA) is 106 Å². The van der Waals surface area contributed by atoms with E-state index in [1.54, 1.807) is 47.4 Å². The molecule has 2 N–H and O–H groups in total. The first-order valence-electron chi connectivity index (χ1n) is 13.0. The minimum atomic E-state index is -0.591. The predicted molar refractivity (Wildman–Crippen MR) is 162 cm³/mol. The molecule has 41 heavy (non-hydrogen) atoms. The van der Waals surface area contributed by atoms with Crippen molar-refractivity contribution >= 4 is 52.3 Å². The van der Waals surface area contributed by atoms with E-state index in [1.807, 2.05) is 20.8 Å². The molecule has 222 valence electrons. The van der Waals surface area contributed by atoms with Crippen LogP contribution in [0.5, 0.6) is 5.75 Å². The molecule has 0 saturated carbocycles. The van der Waals surface area contributed by atoms with Crippen LogP contribution >= 0.6 is 35.0 Å². The van der Waals surface area contributed by atoms with Crippen molar-refractivity contribution in [1.82, 2.24) is 15.5 Å². The van der Waals surface area contributed by atoms with E-state index in [9.17, 15) is 14.4 Å². The number of hydrogen-bond acceptors (Lipinski definition) is 8. The second-order valence-corrected chi connectivity index (χ2v) is 12.4. The first kappa shape index (κ1) is 32.6. The number of hydrogen-bond donors (Lipinski definition) is 2. The van der Waals surface area contributed by atoms with Gasteiger partial charge in [-0.25, -0.2) is 9.59 Å². The average Bonchev–Trinajstić information content (AvgIpc) is 3.31. The number of thioether (sulfide) groups is 1. The largest absolute Gasteiger partial charge is 0.478 e. The average molecular weight is 625 g/mol. The fraction of sp³-hybridized carbons (Fsp3) is 0.414. The summed E-state index contributed by atoms with van der Waals surface area (Å²) >= 11 is 13.1. The molecule has 0 aliphatic carbocycles. The molecule has 2 aromatic rings. The standard InChI is InChI=1S/C29H35Cl2N3O6S/c1-5-11-38-27(36)34-17-23(41-28(37)40-29(2,3)4)14-21(34)16-32-18-39-22-8-6-7-20(13-22)26(35)33-15-19-9-10-24(30)25(31)12-19/h5-10,12-13,21,23,32H,1,11,14-18H2,2-4H3,(H,33,35)/t21-,23-/m0/s1. The number of nitrogens with zero attached hydrogens (tertiary/aromatic N) is 1. The van der Waals surface area contributed by atoms with Gasteiger partial charge in [0.25, 0.3) is 5.91 Å². The van der Waals surface area contributed by atoms with Crippen LogP contribution in [0.25, 0.3) is 0 Å². The fourth-order valence-corrected chi connectivity index (χ4v) is 5.46. The smallest absolute Gasteiger partial charge is 0.410 e. The Morgan fingerprint density at radius 1 is 1.15 bits per heavy atom. The van der Waals surface area contributed by atoms with E-state index in [-0.39, 0.29) is 35.8 Å².